The number of carbonyl (C=O) groups is 1. The highest BCUT2D eigenvalue weighted by atomic mass is 16.2. The number of hydrogen-bond donors (Lipinski definition) is 0. The standard InChI is InChI=1S/C20H22N4O/c25-20(18-16-24-10-5-4-8-19(24)21-18)23-14-12-22(13-15-23)11-9-17-6-2-1-3-7-17/h1-8,10,16H,9,11-15H2. The summed E-state index contributed by atoms with van der Waals surface area (Å²) in [6.45, 7) is 4.42. The zero-order valence-electron chi connectivity index (χ0n) is 14.2. The van der Waals surface area contributed by atoms with E-state index in [0.29, 0.717) is 5.69 Å². The predicted octanol–water partition coefficient (Wildman–Crippen LogP) is 2.33. The molecule has 1 fully saturated rings. The zero-order valence-corrected chi connectivity index (χ0v) is 14.2. The molecule has 1 aromatic carbocycles. The molecule has 0 unspecified atom stereocenters. The fourth-order valence-corrected chi connectivity index (χ4v) is 3.31. The van der Waals surface area contributed by atoms with E-state index in [0.717, 1.165) is 44.8 Å². The molecule has 0 spiro atoms. The molecule has 0 aliphatic carbocycles. The van der Waals surface area contributed by atoms with Crippen LogP contribution in [0.4, 0.5) is 0 Å². The second kappa shape index (κ2) is 7.07. The van der Waals surface area contributed by atoms with E-state index in [4.69, 9.17) is 0 Å². The SMILES string of the molecule is O=C(c1cn2ccccc2n1)N1CCN(CCc2ccccc2)CC1. The van der Waals surface area contributed by atoms with Gasteiger partial charge in [0.2, 0.25) is 0 Å². The minimum absolute atomic E-state index is 0.0337. The van der Waals surface area contributed by atoms with Gasteiger partial charge in [0.15, 0.2) is 0 Å². The molecule has 0 saturated carbocycles. The predicted molar refractivity (Wildman–Crippen MR) is 97.7 cm³/mol. The minimum atomic E-state index is 0.0337. The Bertz CT molecular complexity index is 817. The first-order chi connectivity index (χ1) is 12.3. The Morgan fingerprint density at radius 1 is 0.960 bits per heavy atom. The molecule has 2 aromatic heterocycles. The van der Waals surface area contributed by atoms with Crippen LogP contribution in [0.3, 0.4) is 0 Å². The summed E-state index contributed by atoms with van der Waals surface area (Å²) >= 11 is 0. The molecule has 1 aliphatic heterocycles. The molecule has 25 heavy (non-hydrogen) atoms. The van der Waals surface area contributed by atoms with E-state index in [9.17, 15) is 4.79 Å². The van der Waals surface area contributed by atoms with E-state index in [2.05, 4.69) is 34.1 Å². The maximum atomic E-state index is 12.7. The van der Waals surface area contributed by atoms with Crippen LogP contribution in [0.1, 0.15) is 16.1 Å². The van der Waals surface area contributed by atoms with Crippen molar-refractivity contribution in [1.82, 2.24) is 19.2 Å². The van der Waals surface area contributed by atoms with Gasteiger partial charge in [-0.05, 0) is 24.1 Å². The Morgan fingerprint density at radius 3 is 2.48 bits per heavy atom. The van der Waals surface area contributed by atoms with Crippen molar-refractivity contribution in [1.29, 1.82) is 0 Å². The lowest BCUT2D eigenvalue weighted by Gasteiger charge is -2.34. The number of piperazine rings is 1. The number of rotatable bonds is 4. The number of hydrogen-bond acceptors (Lipinski definition) is 3. The Hall–Kier alpha value is -2.66. The first kappa shape index (κ1) is 15.8. The number of fused-ring (bicyclic) bond motifs is 1. The van der Waals surface area contributed by atoms with Gasteiger partial charge in [-0.1, -0.05) is 36.4 Å². The summed E-state index contributed by atoms with van der Waals surface area (Å²) in [6, 6.07) is 16.3. The van der Waals surface area contributed by atoms with Crippen LogP contribution in [0, 0.1) is 0 Å². The summed E-state index contributed by atoms with van der Waals surface area (Å²) < 4.78 is 1.89. The van der Waals surface area contributed by atoms with Crippen LogP contribution in [-0.4, -0.2) is 57.8 Å². The minimum Gasteiger partial charge on any atom is -0.335 e. The van der Waals surface area contributed by atoms with Crippen molar-refractivity contribution >= 4 is 11.6 Å². The van der Waals surface area contributed by atoms with Gasteiger partial charge in [0.1, 0.15) is 11.3 Å². The van der Waals surface area contributed by atoms with Gasteiger partial charge < -0.3 is 9.30 Å². The Morgan fingerprint density at radius 2 is 1.72 bits per heavy atom. The van der Waals surface area contributed by atoms with Gasteiger partial charge in [0, 0.05) is 45.1 Å². The van der Waals surface area contributed by atoms with Gasteiger partial charge in [-0.3, -0.25) is 9.69 Å². The highest BCUT2D eigenvalue weighted by molar-refractivity contribution is 5.93. The average molecular weight is 334 g/mol. The van der Waals surface area contributed by atoms with Gasteiger partial charge >= 0.3 is 0 Å². The number of carbonyl (C=O) groups excluding carboxylic acids is 1. The topological polar surface area (TPSA) is 40.9 Å². The number of imidazole rings is 1. The molecule has 5 heteroatoms. The van der Waals surface area contributed by atoms with E-state index in [1.54, 1.807) is 0 Å². The van der Waals surface area contributed by atoms with Crippen molar-refractivity contribution in [2.24, 2.45) is 0 Å². The van der Waals surface area contributed by atoms with Crippen molar-refractivity contribution in [2.75, 3.05) is 32.7 Å². The first-order valence-corrected chi connectivity index (χ1v) is 8.79. The summed E-state index contributed by atoms with van der Waals surface area (Å²) in [6.07, 6.45) is 4.79. The number of amides is 1. The van der Waals surface area contributed by atoms with Gasteiger partial charge in [-0.15, -0.1) is 0 Å². The quantitative estimate of drug-likeness (QED) is 0.735. The largest absolute Gasteiger partial charge is 0.335 e. The van der Waals surface area contributed by atoms with E-state index in [1.165, 1.54) is 5.56 Å². The maximum absolute atomic E-state index is 12.7. The van der Waals surface area contributed by atoms with Crippen molar-refractivity contribution in [3.63, 3.8) is 0 Å². The van der Waals surface area contributed by atoms with E-state index in [1.807, 2.05) is 46.0 Å². The van der Waals surface area contributed by atoms with E-state index >= 15 is 0 Å². The van der Waals surface area contributed by atoms with E-state index < -0.39 is 0 Å². The summed E-state index contributed by atoms with van der Waals surface area (Å²) in [5.74, 6) is 0.0337. The average Bonchev–Trinajstić information content (AvgIpc) is 3.11. The second-order valence-electron chi connectivity index (χ2n) is 6.46. The Balaban J connectivity index is 1.32. The van der Waals surface area contributed by atoms with Gasteiger partial charge in [-0.2, -0.15) is 0 Å². The molecular formula is C20H22N4O. The molecule has 4 rings (SSSR count). The second-order valence-corrected chi connectivity index (χ2v) is 6.46. The fraction of sp³-hybridized carbons (Fsp3) is 0.300. The van der Waals surface area contributed by atoms with Crippen LogP contribution >= 0.6 is 0 Å². The highest BCUT2D eigenvalue weighted by Gasteiger charge is 2.23. The molecule has 0 radical (unpaired) electrons. The molecule has 1 aliphatic rings. The molecule has 3 aromatic rings. The highest BCUT2D eigenvalue weighted by Crippen LogP contribution is 2.11. The Kier molecular flexibility index (Phi) is 4.48. The van der Waals surface area contributed by atoms with Crippen LogP contribution < -0.4 is 0 Å². The molecular weight excluding hydrogens is 312 g/mol. The van der Waals surface area contributed by atoms with Crippen LogP contribution in [0.2, 0.25) is 0 Å². The first-order valence-electron chi connectivity index (χ1n) is 8.79. The van der Waals surface area contributed by atoms with Gasteiger partial charge in [0.25, 0.3) is 5.91 Å². The number of benzene rings is 1. The molecule has 3 heterocycles. The van der Waals surface area contributed by atoms with Crippen LogP contribution in [0.5, 0.6) is 0 Å². The van der Waals surface area contributed by atoms with Crippen molar-refractivity contribution in [3.05, 3.63) is 72.2 Å². The zero-order chi connectivity index (χ0) is 17.1. The summed E-state index contributed by atoms with van der Waals surface area (Å²) in [5, 5.41) is 0. The molecule has 0 N–H and O–H groups in total. The summed E-state index contributed by atoms with van der Waals surface area (Å²) in [5.41, 5.74) is 2.71. The third-order valence-corrected chi connectivity index (χ3v) is 4.80. The van der Waals surface area contributed by atoms with Crippen LogP contribution in [0.15, 0.2) is 60.9 Å². The third kappa shape index (κ3) is 3.56. The van der Waals surface area contributed by atoms with Gasteiger partial charge in [0.05, 0.1) is 0 Å². The fourth-order valence-electron chi connectivity index (χ4n) is 3.31. The van der Waals surface area contributed by atoms with Gasteiger partial charge in [-0.25, -0.2) is 4.98 Å². The molecule has 0 bridgehead atoms. The smallest absolute Gasteiger partial charge is 0.274 e. The van der Waals surface area contributed by atoms with E-state index in [-0.39, 0.29) is 5.91 Å². The van der Waals surface area contributed by atoms with Crippen molar-refractivity contribution in [2.45, 2.75) is 6.42 Å². The Labute approximate surface area is 147 Å². The number of aromatic nitrogens is 2. The van der Waals surface area contributed by atoms with Crippen molar-refractivity contribution < 1.29 is 4.79 Å². The number of nitrogens with zero attached hydrogens (tertiary/aromatic N) is 4. The molecule has 1 amide bonds. The van der Waals surface area contributed by atoms with Crippen LogP contribution in [-0.2, 0) is 6.42 Å². The lowest BCUT2D eigenvalue weighted by molar-refractivity contribution is 0.0633. The van der Waals surface area contributed by atoms with Crippen molar-refractivity contribution in [3.8, 4) is 0 Å². The molecule has 1 saturated heterocycles. The molecule has 5 nitrogen and oxygen atoms in total. The third-order valence-electron chi connectivity index (χ3n) is 4.80. The lowest BCUT2D eigenvalue weighted by Crippen LogP contribution is -2.49. The van der Waals surface area contributed by atoms with Crippen LogP contribution in [0.25, 0.3) is 5.65 Å². The lowest BCUT2D eigenvalue weighted by atomic mass is 10.1. The summed E-state index contributed by atoms with van der Waals surface area (Å²) in [4.78, 5) is 21.5. The number of pyridine rings is 1. The monoisotopic (exact) mass is 334 g/mol. The molecule has 128 valence electrons. The normalized spacial score (nSPS) is 15.6. The summed E-state index contributed by atoms with van der Waals surface area (Å²) in [7, 11) is 0. The maximum Gasteiger partial charge on any atom is 0.274 e. The molecule has 0 atom stereocenters.